The number of alkyl halides is 3. The van der Waals surface area contributed by atoms with Gasteiger partial charge in [0.05, 0.1) is 17.8 Å². The van der Waals surface area contributed by atoms with Crippen molar-refractivity contribution in [3.8, 4) is 11.4 Å². The van der Waals surface area contributed by atoms with Crippen LogP contribution in [0.3, 0.4) is 0 Å². The molecule has 1 unspecified atom stereocenters. The summed E-state index contributed by atoms with van der Waals surface area (Å²) < 4.78 is 59.8. The van der Waals surface area contributed by atoms with E-state index in [1.54, 1.807) is 0 Å². The summed E-state index contributed by atoms with van der Waals surface area (Å²) in [6.45, 7) is 0.0590. The van der Waals surface area contributed by atoms with Crippen LogP contribution in [0.1, 0.15) is 21.6 Å². The van der Waals surface area contributed by atoms with E-state index >= 15 is 0 Å². The molecule has 11 heteroatoms. The minimum absolute atomic E-state index is 0.0590. The number of benzene rings is 2. The van der Waals surface area contributed by atoms with Gasteiger partial charge in [-0.25, -0.2) is 13.9 Å². The van der Waals surface area contributed by atoms with E-state index in [1.807, 2.05) is 0 Å². The number of anilines is 1. The van der Waals surface area contributed by atoms with E-state index in [-0.39, 0.29) is 24.4 Å². The highest BCUT2D eigenvalue weighted by Gasteiger charge is 2.40. The van der Waals surface area contributed by atoms with E-state index in [2.05, 4.69) is 10.4 Å². The zero-order valence-corrected chi connectivity index (χ0v) is 16.2. The molecule has 2 aromatic carbocycles. The summed E-state index contributed by atoms with van der Waals surface area (Å²) in [6.07, 6.45) is -4.12. The molecule has 0 fully saturated rings. The van der Waals surface area contributed by atoms with Crippen molar-refractivity contribution < 1.29 is 37.0 Å². The van der Waals surface area contributed by atoms with Crippen LogP contribution in [0, 0.1) is 11.7 Å². The number of carbonyl (C=O) groups excluding carboxylic acids is 1. The van der Waals surface area contributed by atoms with Gasteiger partial charge in [-0.3, -0.25) is 4.79 Å². The molecule has 0 bridgehead atoms. The number of ether oxygens (including phenoxy) is 1. The van der Waals surface area contributed by atoms with Crippen molar-refractivity contribution in [1.29, 1.82) is 0 Å². The molecular weight excluding hydrogens is 434 g/mol. The molecule has 7 nitrogen and oxygen atoms in total. The summed E-state index contributed by atoms with van der Waals surface area (Å²) in [5, 5.41) is 15.2. The molecule has 2 N–H and O–H groups in total. The van der Waals surface area contributed by atoms with Crippen LogP contribution >= 0.6 is 0 Å². The lowest BCUT2D eigenvalue weighted by Gasteiger charge is -2.24. The highest BCUT2D eigenvalue weighted by molar-refractivity contribution is 5.93. The van der Waals surface area contributed by atoms with Gasteiger partial charge >= 0.3 is 12.1 Å². The van der Waals surface area contributed by atoms with Crippen LogP contribution < -0.4 is 10.1 Å². The first kappa shape index (κ1) is 21.3. The Hall–Kier alpha value is -3.89. The zero-order chi connectivity index (χ0) is 23.0. The number of fused-ring (bicyclic) bond motifs is 1. The first-order valence-electron chi connectivity index (χ1n) is 9.34. The molecule has 1 amide bonds. The van der Waals surface area contributed by atoms with Gasteiger partial charge in [-0.1, -0.05) is 6.07 Å². The summed E-state index contributed by atoms with van der Waals surface area (Å²) in [5.74, 6) is -2.82. The van der Waals surface area contributed by atoms with Crippen molar-refractivity contribution in [2.75, 3.05) is 11.9 Å². The van der Waals surface area contributed by atoms with Crippen molar-refractivity contribution in [2.45, 2.75) is 12.6 Å². The Morgan fingerprint density at radius 2 is 1.97 bits per heavy atom. The second-order valence-electron chi connectivity index (χ2n) is 7.13. The quantitative estimate of drug-likeness (QED) is 0.589. The molecule has 1 aromatic heterocycles. The fourth-order valence-corrected chi connectivity index (χ4v) is 3.46. The number of aromatic nitrogens is 2. The average molecular weight is 449 g/mol. The van der Waals surface area contributed by atoms with Crippen molar-refractivity contribution in [1.82, 2.24) is 9.78 Å². The van der Waals surface area contributed by atoms with E-state index in [4.69, 9.17) is 9.84 Å². The van der Waals surface area contributed by atoms with Crippen molar-refractivity contribution >= 4 is 17.6 Å². The molecule has 2 heterocycles. The van der Waals surface area contributed by atoms with Gasteiger partial charge < -0.3 is 15.2 Å². The van der Waals surface area contributed by atoms with Crippen LogP contribution in [0.5, 0.6) is 5.75 Å². The second-order valence-corrected chi connectivity index (χ2v) is 7.13. The van der Waals surface area contributed by atoms with E-state index in [0.717, 1.165) is 0 Å². The Labute approximate surface area is 178 Å². The molecule has 0 saturated carbocycles. The number of carbonyl (C=O) groups is 2. The first-order chi connectivity index (χ1) is 15.1. The maximum atomic E-state index is 13.5. The molecular formula is C21H15F4N3O4. The molecule has 166 valence electrons. The number of halogens is 4. The topological polar surface area (TPSA) is 93.5 Å². The van der Waals surface area contributed by atoms with E-state index in [0.29, 0.717) is 22.2 Å². The fourth-order valence-electron chi connectivity index (χ4n) is 3.46. The number of carboxylic acid groups (broad SMARTS) is 1. The number of hydrogen-bond acceptors (Lipinski definition) is 4. The summed E-state index contributed by atoms with van der Waals surface area (Å²) in [7, 11) is 0. The Kier molecular flexibility index (Phi) is 5.33. The summed E-state index contributed by atoms with van der Waals surface area (Å²) in [4.78, 5) is 23.8. The van der Waals surface area contributed by atoms with Crippen molar-refractivity contribution in [3.05, 3.63) is 71.3 Å². The monoisotopic (exact) mass is 449 g/mol. The SMILES string of the molecule is O=C(O)c1cnn(-c2cccc(NC(=O)C3COc4ccc(F)cc4C3)c2)c1C(F)(F)F. The Balaban J connectivity index is 1.57. The summed E-state index contributed by atoms with van der Waals surface area (Å²) >= 11 is 0. The van der Waals surface area contributed by atoms with E-state index in [9.17, 15) is 27.2 Å². The predicted octanol–water partition coefficient (Wildman–Crippen LogP) is 3.92. The maximum absolute atomic E-state index is 13.5. The third kappa shape index (κ3) is 4.13. The number of nitrogens with one attached hydrogen (secondary N) is 1. The third-order valence-corrected chi connectivity index (χ3v) is 4.93. The normalized spacial score (nSPS) is 15.6. The number of hydrogen-bond donors (Lipinski definition) is 2. The van der Waals surface area contributed by atoms with Crippen LogP contribution in [-0.2, 0) is 17.4 Å². The fraction of sp³-hybridized carbons (Fsp3) is 0.190. The van der Waals surface area contributed by atoms with E-state index < -0.39 is 41.0 Å². The Morgan fingerprint density at radius 3 is 2.69 bits per heavy atom. The average Bonchev–Trinajstić information content (AvgIpc) is 3.19. The van der Waals surface area contributed by atoms with Gasteiger partial charge in [0, 0.05) is 5.69 Å². The van der Waals surface area contributed by atoms with Crippen molar-refractivity contribution in [2.24, 2.45) is 5.92 Å². The largest absolute Gasteiger partial charge is 0.492 e. The lowest BCUT2D eigenvalue weighted by atomic mass is 9.96. The molecule has 1 aliphatic rings. The molecule has 0 radical (unpaired) electrons. The van der Waals surface area contributed by atoms with Crippen LogP contribution in [0.25, 0.3) is 5.69 Å². The van der Waals surface area contributed by atoms with Crippen LogP contribution in [-0.4, -0.2) is 33.4 Å². The van der Waals surface area contributed by atoms with Crippen LogP contribution in [0.2, 0.25) is 0 Å². The second kappa shape index (κ2) is 7.98. The van der Waals surface area contributed by atoms with Gasteiger partial charge in [-0.2, -0.15) is 18.3 Å². The molecule has 1 aliphatic heterocycles. The molecule has 0 aliphatic carbocycles. The van der Waals surface area contributed by atoms with Gasteiger partial charge in [0.2, 0.25) is 5.91 Å². The minimum Gasteiger partial charge on any atom is -0.492 e. The maximum Gasteiger partial charge on any atom is 0.434 e. The van der Waals surface area contributed by atoms with Gasteiger partial charge in [0.25, 0.3) is 0 Å². The summed E-state index contributed by atoms with van der Waals surface area (Å²) in [6, 6.07) is 9.42. The zero-order valence-electron chi connectivity index (χ0n) is 16.2. The van der Waals surface area contributed by atoms with E-state index in [1.165, 1.54) is 42.5 Å². The summed E-state index contributed by atoms with van der Waals surface area (Å²) in [5.41, 5.74) is -1.80. The number of aromatic carboxylic acids is 1. The third-order valence-electron chi connectivity index (χ3n) is 4.93. The van der Waals surface area contributed by atoms with Crippen molar-refractivity contribution in [3.63, 3.8) is 0 Å². The van der Waals surface area contributed by atoms with Gasteiger partial charge in [-0.05, 0) is 48.4 Å². The first-order valence-corrected chi connectivity index (χ1v) is 9.34. The standard InChI is InChI=1S/C21H15F4N3O4/c22-13-4-5-17-11(7-13)6-12(10-32-17)19(29)27-14-2-1-3-15(8-14)28-18(21(23,24)25)16(9-26-28)20(30)31/h1-5,7-9,12H,6,10H2,(H,27,29)(H,30,31). The van der Waals surface area contributed by atoms with Gasteiger partial charge in [0.15, 0.2) is 5.69 Å². The molecule has 32 heavy (non-hydrogen) atoms. The van der Waals surface area contributed by atoms with Crippen LogP contribution in [0.15, 0.2) is 48.7 Å². The molecule has 0 spiro atoms. The molecule has 4 rings (SSSR count). The highest BCUT2D eigenvalue weighted by Crippen LogP contribution is 2.34. The Bertz CT molecular complexity index is 1210. The smallest absolute Gasteiger partial charge is 0.434 e. The Morgan fingerprint density at radius 1 is 1.19 bits per heavy atom. The molecule has 1 atom stereocenters. The highest BCUT2D eigenvalue weighted by atomic mass is 19.4. The number of amides is 1. The predicted molar refractivity (Wildman–Crippen MR) is 103 cm³/mol. The molecule has 3 aromatic rings. The number of nitrogens with zero attached hydrogens (tertiary/aromatic N) is 2. The van der Waals surface area contributed by atoms with Crippen LogP contribution in [0.4, 0.5) is 23.2 Å². The molecule has 0 saturated heterocycles. The number of rotatable bonds is 4. The van der Waals surface area contributed by atoms with Gasteiger partial charge in [-0.15, -0.1) is 0 Å². The minimum atomic E-state index is -4.97. The number of carboxylic acids is 1. The lowest BCUT2D eigenvalue weighted by Crippen LogP contribution is -2.32. The lowest BCUT2D eigenvalue weighted by molar-refractivity contribution is -0.143. The van der Waals surface area contributed by atoms with Gasteiger partial charge in [0.1, 0.15) is 23.7 Å².